The third kappa shape index (κ3) is 4.86. The molecule has 10 heteroatoms. The average Bonchev–Trinajstić information content (AvgIpc) is 3.40. The van der Waals surface area contributed by atoms with Crippen LogP contribution in [0.4, 0.5) is 4.79 Å². The molecule has 1 aromatic heterocycles. The van der Waals surface area contributed by atoms with Crippen LogP contribution in [-0.4, -0.2) is 62.7 Å². The van der Waals surface area contributed by atoms with Crippen LogP contribution in [-0.2, 0) is 27.4 Å². The number of likely N-dealkylation sites (tertiary alicyclic amines) is 1. The van der Waals surface area contributed by atoms with Crippen molar-refractivity contribution in [3.63, 3.8) is 0 Å². The van der Waals surface area contributed by atoms with Crippen LogP contribution in [0.1, 0.15) is 29.2 Å². The highest BCUT2D eigenvalue weighted by molar-refractivity contribution is 5.79. The number of hydrogen-bond donors (Lipinski definition) is 2. The largest absolute Gasteiger partial charge is 0.481 e. The Kier molecular flexibility index (Phi) is 6.17. The molecule has 2 amide bonds. The third-order valence-corrected chi connectivity index (χ3v) is 6.41. The lowest BCUT2D eigenvalue weighted by Gasteiger charge is -2.38. The molecule has 0 spiro atoms. The van der Waals surface area contributed by atoms with Crippen LogP contribution in [0.3, 0.4) is 0 Å². The fourth-order valence-electron chi connectivity index (χ4n) is 4.70. The summed E-state index contributed by atoms with van der Waals surface area (Å²) < 4.78 is 6.92. The number of benzene rings is 2. The number of hydrogen-bond acceptors (Lipinski definition) is 6. The van der Waals surface area contributed by atoms with Crippen LogP contribution < -0.4 is 5.32 Å². The van der Waals surface area contributed by atoms with Gasteiger partial charge in [0.2, 0.25) is 5.91 Å². The minimum atomic E-state index is -0.855. The van der Waals surface area contributed by atoms with Gasteiger partial charge >= 0.3 is 12.1 Å². The standard InChI is InChI=1S/C25H25N5O5/c31-23(29-11-16(12-29)9-24(32)33)14-30-13-17(27-28-30)10-26-25(34)35-15-22-20-7-3-1-5-18(20)19-6-2-4-8-21(19)22/h1-8,13,16,22H,9-12,14-15H2,(H,26,34)(H,32,33). The Labute approximate surface area is 201 Å². The molecule has 1 fully saturated rings. The van der Waals surface area contributed by atoms with E-state index in [4.69, 9.17) is 9.84 Å². The van der Waals surface area contributed by atoms with Gasteiger partial charge in [-0.2, -0.15) is 0 Å². The van der Waals surface area contributed by atoms with Gasteiger partial charge in [0.25, 0.3) is 0 Å². The van der Waals surface area contributed by atoms with Crippen molar-refractivity contribution in [2.75, 3.05) is 19.7 Å². The zero-order valence-corrected chi connectivity index (χ0v) is 19.0. The SMILES string of the molecule is O=C(O)CC1CN(C(=O)Cn2cc(CNC(=O)OCC3c4ccccc4-c4ccccc43)nn2)C1. The Bertz CT molecular complexity index is 1220. The van der Waals surface area contributed by atoms with Gasteiger partial charge in [-0.25, -0.2) is 9.48 Å². The Morgan fingerprint density at radius 1 is 1.03 bits per heavy atom. The van der Waals surface area contributed by atoms with Crippen LogP contribution in [0.2, 0.25) is 0 Å². The number of fused-ring (bicyclic) bond motifs is 3. The molecule has 0 bridgehead atoms. The van der Waals surface area contributed by atoms with Gasteiger partial charge in [0.1, 0.15) is 18.8 Å². The molecule has 0 radical (unpaired) electrons. The normalized spacial score (nSPS) is 14.7. The molecule has 1 aliphatic heterocycles. The Balaban J connectivity index is 1.09. The molecule has 0 saturated carbocycles. The molecular weight excluding hydrogens is 450 g/mol. The molecule has 0 atom stereocenters. The number of aromatic nitrogens is 3. The summed E-state index contributed by atoms with van der Waals surface area (Å²) in [6.45, 7) is 1.23. The number of carbonyl (C=O) groups excluding carboxylic acids is 2. The average molecular weight is 476 g/mol. The monoisotopic (exact) mass is 475 g/mol. The Morgan fingerprint density at radius 3 is 2.34 bits per heavy atom. The van der Waals surface area contributed by atoms with Crippen LogP contribution in [0.25, 0.3) is 11.1 Å². The highest BCUT2D eigenvalue weighted by atomic mass is 16.5. The predicted octanol–water partition coefficient (Wildman–Crippen LogP) is 2.25. The second-order valence-electron chi connectivity index (χ2n) is 8.85. The van der Waals surface area contributed by atoms with Crippen LogP contribution in [0, 0.1) is 5.92 Å². The fourth-order valence-corrected chi connectivity index (χ4v) is 4.70. The molecule has 1 aliphatic carbocycles. The zero-order chi connectivity index (χ0) is 24.4. The number of rotatable bonds is 8. The Hall–Kier alpha value is -4.21. The smallest absolute Gasteiger partial charge is 0.407 e. The van der Waals surface area contributed by atoms with Gasteiger partial charge in [-0.15, -0.1) is 5.10 Å². The number of nitrogens with one attached hydrogen (secondary N) is 1. The molecule has 2 aliphatic rings. The van der Waals surface area contributed by atoms with Crippen molar-refractivity contribution in [1.29, 1.82) is 0 Å². The number of alkyl carbamates (subject to hydrolysis) is 1. The van der Waals surface area contributed by atoms with Gasteiger partial charge in [-0.3, -0.25) is 9.59 Å². The van der Waals surface area contributed by atoms with Gasteiger partial charge in [-0.1, -0.05) is 53.7 Å². The second kappa shape index (κ2) is 9.57. The number of carbonyl (C=O) groups is 3. The van der Waals surface area contributed by atoms with Gasteiger partial charge in [0.15, 0.2) is 0 Å². The molecule has 5 rings (SSSR count). The molecule has 35 heavy (non-hydrogen) atoms. The van der Waals surface area contributed by atoms with Crippen molar-refractivity contribution in [2.45, 2.75) is 25.4 Å². The predicted molar refractivity (Wildman–Crippen MR) is 124 cm³/mol. The zero-order valence-electron chi connectivity index (χ0n) is 19.0. The minimum absolute atomic E-state index is 0.00385. The van der Waals surface area contributed by atoms with E-state index in [1.54, 1.807) is 11.1 Å². The lowest BCUT2D eigenvalue weighted by Crippen LogP contribution is -2.51. The van der Waals surface area contributed by atoms with E-state index in [0.717, 1.165) is 11.1 Å². The molecule has 2 N–H and O–H groups in total. The van der Waals surface area contributed by atoms with Crippen LogP contribution in [0.15, 0.2) is 54.7 Å². The highest BCUT2D eigenvalue weighted by Gasteiger charge is 2.32. The first-order valence-electron chi connectivity index (χ1n) is 11.5. The number of ether oxygens (including phenoxy) is 1. The summed E-state index contributed by atoms with van der Waals surface area (Å²) in [5.74, 6) is -1.01. The first-order chi connectivity index (χ1) is 17.0. The summed E-state index contributed by atoms with van der Waals surface area (Å²) in [5.41, 5.74) is 5.12. The lowest BCUT2D eigenvalue weighted by molar-refractivity contribution is -0.145. The molecule has 2 heterocycles. The molecule has 1 saturated heterocycles. The van der Waals surface area contributed by atoms with Crippen molar-refractivity contribution in [3.8, 4) is 11.1 Å². The van der Waals surface area contributed by atoms with E-state index in [0.29, 0.717) is 18.8 Å². The second-order valence-corrected chi connectivity index (χ2v) is 8.85. The minimum Gasteiger partial charge on any atom is -0.481 e. The maximum atomic E-state index is 12.3. The van der Waals surface area contributed by atoms with Crippen LogP contribution in [0.5, 0.6) is 0 Å². The number of carboxylic acids is 1. The maximum absolute atomic E-state index is 12.3. The summed E-state index contributed by atoms with van der Waals surface area (Å²) in [7, 11) is 0. The summed E-state index contributed by atoms with van der Waals surface area (Å²) in [6.07, 6.45) is 1.11. The molecule has 2 aromatic carbocycles. The maximum Gasteiger partial charge on any atom is 0.407 e. The van der Waals surface area contributed by atoms with Crippen molar-refractivity contribution in [1.82, 2.24) is 25.2 Å². The molecule has 0 unspecified atom stereocenters. The topological polar surface area (TPSA) is 127 Å². The summed E-state index contributed by atoms with van der Waals surface area (Å²) in [5, 5.41) is 19.4. The number of carboxylic acid groups (broad SMARTS) is 1. The van der Waals surface area contributed by atoms with Crippen molar-refractivity contribution in [2.24, 2.45) is 5.92 Å². The van der Waals surface area contributed by atoms with E-state index in [9.17, 15) is 14.4 Å². The van der Waals surface area contributed by atoms with Crippen molar-refractivity contribution < 1.29 is 24.2 Å². The summed E-state index contributed by atoms with van der Waals surface area (Å²) >= 11 is 0. The Morgan fingerprint density at radius 2 is 1.69 bits per heavy atom. The van der Waals surface area contributed by atoms with Crippen molar-refractivity contribution >= 4 is 18.0 Å². The van der Waals surface area contributed by atoms with E-state index in [1.807, 2.05) is 24.3 Å². The van der Waals surface area contributed by atoms with E-state index in [-0.39, 0.29) is 43.9 Å². The van der Waals surface area contributed by atoms with E-state index in [1.165, 1.54) is 15.8 Å². The van der Waals surface area contributed by atoms with Gasteiger partial charge in [-0.05, 0) is 22.3 Å². The lowest BCUT2D eigenvalue weighted by atomic mass is 9.96. The molecular formula is C25H25N5O5. The number of amides is 2. The highest BCUT2D eigenvalue weighted by Crippen LogP contribution is 2.44. The number of nitrogens with zero attached hydrogens (tertiary/aromatic N) is 4. The van der Waals surface area contributed by atoms with Gasteiger partial charge in [0, 0.05) is 24.9 Å². The first kappa shape index (κ1) is 22.6. The third-order valence-electron chi connectivity index (χ3n) is 6.41. The van der Waals surface area contributed by atoms with E-state index >= 15 is 0 Å². The van der Waals surface area contributed by atoms with Crippen molar-refractivity contribution in [3.05, 3.63) is 71.5 Å². The first-order valence-corrected chi connectivity index (χ1v) is 11.5. The molecule has 10 nitrogen and oxygen atoms in total. The quantitative estimate of drug-likeness (QED) is 0.512. The van der Waals surface area contributed by atoms with Crippen LogP contribution >= 0.6 is 0 Å². The number of aliphatic carboxylic acids is 1. The summed E-state index contributed by atoms with van der Waals surface area (Å²) in [6, 6.07) is 16.3. The molecule has 3 aromatic rings. The van der Waals surface area contributed by atoms with E-state index in [2.05, 4.69) is 39.9 Å². The van der Waals surface area contributed by atoms with Gasteiger partial charge in [0.05, 0.1) is 19.2 Å². The van der Waals surface area contributed by atoms with Gasteiger partial charge < -0.3 is 20.1 Å². The van der Waals surface area contributed by atoms with E-state index < -0.39 is 12.1 Å². The molecule has 180 valence electrons. The fraction of sp³-hybridized carbons (Fsp3) is 0.320. The summed E-state index contributed by atoms with van der Waals surface area (Å²) in [4.78, 5) is 36.9.